The predicted octanol–water partition coefficient (Wildman–Crippen LogP) is 3.22. The Bertz CT molecular complexity index is 768. The van der Waals surface area contributed by atoms with Gasteiger partial charge in [-0.05, 0) is 43.5 Å². The second kappa shape index (κ2) is 6.24. The van der Waals surface area contributed by atoms with Gasteiger partial charge in [0.15, 0.2) is 0 Å². The fraction of sp³-hybridized carbons (Fsp3) is 0.263. The molecule has 118 valence electrons. The molecule has 2 aromatic rings. The second-order valence-electron chi connectivity index (χ2n) is 5.98. The molecule has 0 saturated carbocycles. The van der Waals surface area contributed by atoms with Crippen molar-refractivity contribution in [2.75, 3.05) is 16.8 Å². The fourth-order valence-electron chi connectivity index (χ4n) is 2.96. The molecule has 2 aromatic carbocycles. The van der Waals surface area contributed by atoms with Gasteiger partial charge in [-0.15, -0.1) is 0 Å². The van der Waals surface area contributed by atoms with Gasteiger partial charge in [0, 0.05) is 6.42 Å². The van der Waals surface area contributed by atoms with Crippen molar-refractivity contribution in [3.63, 3.8) is 0 Å². The fourth-order valence-corrected chi connectivity index (χ4v) is 2.96. The number of fused-ring (bicyclic) bond motifs is 1. The highest BCUT2D eigenvalue weighted by Crippen LogP contribution is 2.29. The first-order chi connectivity index (χ1) is 11.0. The van der Waals surface area contributed by atoms with Crippen LogP contribution in [0.5, 0.6) is 0 Å². The first-order valence-electron chi connectivity index (χ1n) is 7.80. The number of hydrogen-bond donors (Lipinski definition) is 1. The van der Waals surface area contributed by atoms with Crippen LogP contribution in [0.15, 0.2) is 42.5 Å². The van der Waals surface area contributed by atoms with E-state index in [1.807, 2.05) is 24.3 Å². The first-order valence-corrected chi connectivity index (χ1v) is 7.80. The first kappa shape index (κ1) is 15.3. The van der Waals surface area contributed by atoms with Gasteiger partial charge in [-0.25, -0.2) is 0 Å². The molecule has 0 aliphatic carbocycles. The molecule has 4 nitrogen and oxygen atoms in total. The highest BCUT2D eigenvalue weighted by molar-refractivity contribution is 6.09. The van der Waals surface area contributed by atoms with Crippen molar-refractivity contribution in [1.82, 2.24) is 0 Å². The highest BCUT2D eigenvalue weighted by atomic mass is 16.2. The van der Waals surface area contributed by atoms with Gasteiger partial charge in [0.05, 0.1) is 11.4 Å². The van der Waals surface area contributed by atoms with E-state index in [0.29, 0.717) is 18.5 Å². The lowest BCUT2D eigenvalue weighted by Crippen LogP contribution is -2.42. The summed E-state index contributed by atoms with van der Waals surface area (Å²) in [6, 6.07) is 13.7. The largest absolute Gasteiger partial charge is 0.323 e. The average Bonchev–Trinajstić information content (AvgIpc) is 2.53. The van der Waals surface area contributed by atoms with E-state index in [1.165, 1.54) is 16.7 Å². The number of amides is 2. The van der Waals surface area contributed by atoms with Gasteiger partial charge in [0.1, 0.15) is 6.54 Å². The Balaban J connectivity index is 1.75. The van der Waals surface area contributed by atoms with Crippen LogP contribution in [0.3, 0.4) is 0 Å². The summed E-state index contributed by atoms with van der Waals surface area (Å²) in [6.45, 7) is 4.21. The minimum absolute atomic E-state index is 0.0210. The molecule has 0 bridgehead atoms. The second-order valence-corrected chi connectivity index (χ2v) is 5.98. The summed E-state index contributed by atoms with van der Waals surface area (Å²) in [5, 5.41) is 2.80. The number of benzene rings is 2. The van der Waals surface area contributed by atoms with Crippen molar-refractivity contribution < 1.29 is 9.59 Å². The predicted molar refractivity (Wildman–Crippen MR) is 91.7 cm³/mol. The van der Waals surface area contributed by atoms with E-state index in [1.54, 1.807) is 4.90 Å². The van der Waals surface area contributed by atoms with Crippen LogP contribution in [0.2, 0.25) is 0 Å². The number of hydrogen-bond acceptors (Lipinski definition) is 2. The van der Waals surface area contributed by atoms with E-state index >= 15 is 0 Å². The maximum Gasteiger partial charge on any atom is 0.244 e. The number of anilines is 2. The Morgan fingerprint density at radius 3 is 2.74 bits per heavy atom. The maximum atomic E-state index is 12.6. The molecule has 1 aliphatic heterocycles. The molecule has 0 radical (unpaired) electrons. The number of carbonyl (C=O) groups excluding carboxylic acids is 2. The molecular formula is C19H20N2O2. The SMILES string of the molecule is Cc1ccc(CCC(=O)N2CC(=O)Nc3ccccc32)c(C)c1. The molecule has 4 heteroatoms. The molecule has 0 saturated heterocycles. The van der Waals surface area contributed by atoms with Gasteiger partial charge in [0.2, 0.25) is 11.8 Å². The zero-order valence-corrected chi connectivity index (χ0v) is 13.4. The lowest BCUT2D eigenvalue weighted by Gasteiger charge is -2.29. The zero-order valence-electron chi connectivity index (χ0n) is 13.4. The van der Waals surface area contributed by atoms with Crippen LogP contribution < -0.4 is 10.2 Å². The quantitative estimate of drug-likeness (QED) is 0.946. The molecule has 23 heavy (non-hydrogen) atoms. The van der Waals surface area contributed by atoms with Crippen LogP contribution in [0.4, 0.5) is 11.4 Å². The molecule has 1 aliphatic rings. The Labute approximate surface area is 136 Å². The van der Waals surface area contributed by atoms with Crippen molar-refractivity contribution >= 4 is 23.2 Å². The summed E-state index contributed by atoms with van der Waals surface area (Å²) in [5.41, 5.74) is 5.08. The van der Waals surface area contributed by atoms with Gasteiger partial charge in [0.25, 0.3) is 0 Å². The maximum absolute atomic E-state index is 12.6. The minimum atomic E-state index is -0.149. The van der Waals surface area contributed by atoms with Crippen LogP contribution >= 0.6 is 0 Å². The molecule has 3 rings (SSSR count). The molecular weight excluding hydrogens is 288 g/mol. The van der Waals surface area contributed by atoms with Crippen LogP contribution in [0, 0.1) is 13.8 Å². The number of nitrogens with one attached hydrogen (secondary N) is 1. The zero-order chi connectivity index (χ0) is 16.4. The summed E-state index contributed by atoms with van der Waals surface area (Å²) in [7, 11) is 0. The molecule has 0 unspecified atom stereocenters. The van der Waals surface area contributed by atoms with E-state index in [4.69, 9.17) is 0 Å². The summed E-state index contributed by atoms with van der Waals surface area (Å²) < 4.78 is 0. The van der Waals surface area contributed by atoms with Crippen molar-refractivity contribution in [2.45, 2.75) is 26.7 Å². The third-order valence-corrected chi connectivity index (χ3v) is 4.18. The van der Waals surface area contributed by atoms with E-state index in [9.17, 15) is 9.59 Å². The average molecular weight is 308 g/mol. The van der Waals surface area contributed by atoms with Crippen LogP contribution in [0.1, 0.15) is 23.1 Å². The molecule has 0 fully saturated rings. The van der Waals surface area contributed by atoms with Crippen molar-refractivity contribution in [1.29, 1.82) is 0 Å². The molecule has 1 N–H and O–H groups in total. The van der Waals surface area contributed by atoms with Gasteiger partial charge in [-0.2, -0.15) is 0 Å². The molecule has 0 atom stereocenters. The molecule has 1 heterocycles. The van der Waals surface area contributed by atoms with Crippen LogP contribution in [0.25, 0.3) is 0 Å². The monoisotopic (exact) mass is 308 g/mol. The lowest BCUT2D eigenvalue weighted by atomic mass is 10.0. The summed E-state index contributed by atoms with van der Waals surface area (Å²) in [6.07, 6.45) is 1.08. The molecule has 2 amide bonds. The van der Waals surface area contributed by atoms with Gasteiger partial charge in [-0.1, -0.05) is 35.9 Å². The van der Waals surface area contributed by atoms with E-state index in [0.717, 1.165) is 5.69 Å². The number of para-hydroxylation sites is 2. The topological polar surface area (TPSA) is 49.4 Å². The highest BCUT2D eigenvalue weighted by Gasteiger charge is 2.26. The third-order valence-electron chi connectivity index (χ3n) is 4.18. The van der Waals surface area contributed by atoms with E-state index < -0.39 is 0 Å². The Morgan fingerprint density at radius 2 is 1.96 bits per heavy atom. The standard InChI is InChI=1S/C19H20N2O2/c1-13-7-8-15(14(2)11-13)9-10-19(23)21-12-18(22)20-16-5-3-4-6-17(16)21/h3-8,11H,9-10,12H2,1-2H3,(H,20,22). The van der Waals surface area contributed by atoms with Gasteiger partial charge < -0.3 is 10.2 Å². The number of aryl methyl sites for hydroxylation is 3. The summed E-state index contributed by atoms with van der Waals surface area (Å²) in [4.78, 5) is 26.0. The summed E-state index contributed by atoms with van der Waals surface area (Å²) >= 11 is 0. The van der Waals surface area contributed by atoms with Crippen molar-refractivity contribution in [2.24, 2.45) is 0 Å². The Kier molecular flexibility index (Phi) is 4.15. The smallest absolute Gasteiger partial charge is 0.244 e. The summed E-state index contributed by atoms with van der Waals surface area (Å²) in [5.74, 6) is -0.171. The number of nitrogens with zero attached hydrogens (tertiary/aromatic N) is 1. The number of rotatable bonds is 3. The van der Waals surface area contributed by atoms with Crippen molar-refractivity contribution in [3.05, 3.63) is 59.2 Å². The third kappa shape index (κ3) is 3.26. The molecule has 0 spiro atoms. The normalized spacial score (nSPS) is 13.5. The van der Waals surface area contributed by atoms with E-state index in [-0.39, 0.29) is 18.4 Å². The minimum Gasteiger partial charge on any atom is -0.323 e. The lowest BCUT2D eigenvalue weighted by molar-refractivity contribution is -0.121. The van der Waals surface area contributed by atoms with Crippen molar-refractivity contribution in [3.8, 4) is 0 Å². The Morgan fingerprint density at radius 1 is 1.17 bits per heavy atom. The van der Waals surface area contributed by atoms with Crippen LogP contribution in [-0.2, 0) is 16.0 Å². The van der Waals surface area contributed by atoms with E-state index in [2.05, 4.69) is 37.4 Å². The number of carbonyl (C=O) groups is 2. The van der Waals surface area contributed by atoms with Crippen LogP contribution in [-0.4, -0.2) is 18.4 Å². The Hall–Kier alpha value is -2.62. The van der Waals surface area contributed by atoms with Gasteiger partial charge >= 0.3 is 0 Å². The molecule has 0 aromatic heterocycles. The van der Waals surface area contributed by atoms with Gasteiger partial charge in [-0.3, -0.25) is 9.59 Å².